The van der Waals surface area contributed by atoms with Crippen molar-refractivity contribution in [3.8, 4) is 0 Å². The first-order chi connectivity index (χ1) is 29.5. The van der Waals surface area contributed by atoms with E-state index in [1.165, 1.54) is 161 Å². The van der Waals surface area contributed by atoms with Crippen LogP contribution in [0.2, 0.25) is 0 Å². The molecule has 350 valence electrons. The van der Waals surface area contributed by atoms with E-state index in [9.17, 15) is 14.4 Å². The van der Waals surface area contributed by atoms with Gasteiger partial charge in [0.2, 0.25) is 0 Å². The van der Waals surface area contributed by atoms with E-state index in [0.717, 1.165) is 64.2 Å². The number of unbranched alkanes of at least 4 members (excludes halogenated alkanes) is 30. The third-order valence-electron chi connectivity index (χ3n) is 11.4. The summed E-state index contributed by atoms with van der Waals surface area (Å²) >= 11 is 0. The van der Waals surface area contributed by atoms with Crippen molar-refractivity contribution >= 4 is 17.9 Å². The molecule has 0 amide bonds. The number of hydrogen-bond acceptors (Lipinski definition) is 6. The van der Waals surface area contributed by atoms with Gasteiger partial charge in [-0.2, -0.15) is 0 Å². The summed E-state index contributed by atoms with van der Waals surface area (Å²) in [6, 6.07) is 0. The van der Waals surface area contributed by atoms with Gasteiger partial charge in [0, 0.05) is 19.3 Å². The van der Waals surface area contributed by atoms with E-state index in [1.807, 2.05) is 0 Å². The van der Waals surface area contributed by atoms with Crippen LogP contribution in [-0.4, -0.2) is 37.2 Å². The highest BCUT2D eigenvalue weighted by molar-refractivity contribution is 5.71. The lowest BCUT2D eigenvalue weighted by atomic mass is 10.0. The first-order valence-corrected chi connectivity index (χ1v) is 26.0. The molecule has 60 heavy (non-hydrogen) atoms. The van der Waals surface area contributed by atoms with Gasteiger partial charge in [0.05, 0.1) is 0 Å². The zero-order chi connectivity index (χ0) is 43.7. The smallest absolute Gasteiger partial charge is 0.306 e. The molecule has 0 rings (SSSR count). The van der Waals surface area contributed by atoms with Gasteiger partial charge in [-0.15, -0.1) is 0 Å². The second-order valence-electron chi connectivity index (χ2n) is 17.4. The first-order valence-electron chi connectivity index (χ1n) is 26.0. The van der Waals surface area contributed by atoms with Gasteiger partial charge < -0.3 is 14.2 Å². The molecule has 0 aromatic rings. The molecule has 0 aliphatic carbocycles. The third kappa shape index (κ3) is 46.7. The number of hydrogen-bond donors (Lipinski definition) is 0. The Kier molecular flexibility index (Phi) is 47.3. The predicted octanol–water partition coefficient (Wildman–Crippen LogP) is 16.9. The fourth-order valence-corrected chi connectivity index (χ4v) is 7.53. The quantitative estimate of drug-likeness (QED) is 0.0263. The minimum atomic E-state index is -0.786. The summed E-state index contributed by atoms with van der Waals surface area (Å²) in [4.78, 5) is 37.9. The summed E-state index contributed by atoms with van der Waals surface area (Å²) < 4.78 is 16.7. The Labute approximate surface area is 372 Å². The van der Waals surface area contributed by atoms with Gasteiger partial charge in [-0.1, -0.05) is 243 Å². The monoisotopic (exact) mass is 843 g/mol. The molecule has 0 spiro atoms. The van der Waals surface area contributed by atoms with Crippen LogP contribution in [0.5, 0.6) is 0 Å². The van der Waals surface area contributed by atoms with Crippen molar-refractivity contribution in [1.29, 1.82) is 0 Å². The zero-order valence-corrected chi connectivity index (χ0v) is 40.0. The Morgan fingerprint density at radius 1 is 0.350 bits per heavy atom. The van der Waals surface area contributed by atoms with Gasteiger partial charge in [-0.25, -0.2) is 0 Å². The Morgan fingerprint density at radius 2 is 0.650 bits per heavy atom. The van der Waals surface area contributed by atoms with Crippen molar-refractivity contribution in [3.63, 3.8) is 0 Å². The van der Waals surface area contributed by atoms with Crippen molar-refractivity contribution in [2.75, 3.05) is 13.2 Å². The topological polar surface area (TPSA) is 78.9 Å². The summed E-state index contributed by atoms with van der Waals surface area (Å²) in [6.07, 6.45) is 57.1. The van der Waals surface area contributed by atoms with E-state index < -0.39 is 6.10 Å². The molecule has 0 radical (unpaired) electrons. The van der Waals surface area contributed by atoms with Crippen molar-refractivity contribution in [2.45, 2.75) is 277 Å². The number of rotatable bonds is 47. The van der Waals surface area contributed by atoms with Crippen LogP contribution in [0, 0.1) is 0 Å². The Morgan fingerprint density at radius 3 is 1.02 bits per heavy atom. The number of ether oxygens (including phenoxy) is 3. The van der Waals surface area contributed by atoms with Crippen molar-refractivity contribution < 1.29 is 28.6 Å². The van der Waals surface area contributed by atoms with Crippen LogP contribution < -0.4 is 0 Å². The maximum Gasteiger partial charge on any atom is 0.306 e. The maximum atomic E-state index is 12.8. The third-order valence-corrected chi connectivity index (χ3v) is 11.4. The van der Waals surface area contributed by atoms with Crippen molar-refractivity contribution in [1.82, 2.24) is 0 Å². The average molecular weight is 843 g/mol. The fourth-order valence-electron chi connectivity index (χ4n) is 7.53. The minimum absolute atomic E-state index is 0.0833. The van der Waals surface area contributed by atoms with Crippen LogP contribution in [0.15, 0.2) is 36.5 Å². The molecular formula is C54H98O6. The molecule has 0 aliphatic heterocycles. The highest BCUT2D eigenvalue weighted by atomic mass is 16.6. The maximum absolute atomic E-state index is 12.8. The van der Waals surface area contributed by atoms with E-state index >= 15 is 0 Å². The zero-order valence-electron chi connectivity index (χ0n) is 40.0. The molecule has 0 bridgehead atoms. The SMILES string of the molecule is CC/C=C\C/C=C\C/C=C\CCCC(=O)OCC(COC(=O)CCCCCCCCCCCCCCCCCC)OC(=O)CCCCCCCCCCCCCCCCC. The van der Waals surface area contributed by atoms with Gasteiger partial charge in [-0.3, -0.25) is 14.4 Å². The van der Waals surface area contributed by atoms with E-state index in [-0.39, 0.29) is 31.1 Å². The molecule has 0 aromatic heterocycles. The van der Waals surface area contributed by atoms with Crippen LogP contribution >= 0.6 is 0 Å². The molecule has 0 aromatic carbocycles. The molecule has 0 aliphatic rings. The van der Waals surface area contributed by atoms with Crippen LogP contribution in [0.4, 0.5) is 0 Å². The fraction of sp³-hybridized carbons (Fsp3) is 0.833. The Bertz CT molecular complexity index is 1020. The Hall–Kier alpha value is -2.37. The average Bonchev–Trinajstić information content (AvgIpc) is 3.24. The van der Waals surface area contributed by atoms with Crippen LogP contribution in [0.3, 0.4) is 0 Å². The molecule has 0 saturated heterocycles. The standard InChI is InChI=1S/C54H98O6/c1-4-7-10-13-16-19-22-24-26-28-29-32-35-38-41-44-47-53(56)59-50-51(49-58-52(55)46-43-40-37-34-31-21-18-15-12-9-6-3)60-54(57)48-45-42-39-36-33-30-27-25-23-20-17-14-11-8-5-2/h9,12,18,21,34,37,51H,4-8,10-11,13-17,19-20,22-33,35-36,38-50H2,1-3H3/b12-9-,21-18-,37-34-. The number of allylic oxidation sites excluding steroid dienone is 6. The minimum Gasteiger partial charge on any atom is -0.462 e. The molecule has 0 saturated carbocycles. The predicted molar refractivity (Wildman–Crippen MR) is 256 cm³/mol. The largest absolute Gasteiger partial charge is 0.462 e. The second-order valence-corrected chi connectivity index (χ2v) is 17.4. The lowest BCUT2D eigenvalue weighted by Gasteiger charge is -2.18. The molecule has 0 N–H and O–H groups in total. The molecule has 6 nitrogen and oxygen atoms in total. The Balaban J connectivity index is 4.35. The lowest BCUT2D eigenvalue weighted by Crippen LogP contribution is -2.30. The summed E-state index contributed by atoms with van der Waals surface area (Å²) in [6.45, 7) is 6.50. The number of carbonyl (C=O) groups is 3. The number of carbonyl (C=O) groups excluding carboxylic acids is 3. The van der Waals surface area contributed by atoms with Gasteiger partial charge >= 0.3 is 17.9 Å². The van der Waals surface area contributed by atoms with Gasteiger partial charge in [0.1, 0.15) is 13.2 Å². The van der Waals surface area contributed by atoms with Gasteiger partial charge in [0.25, 0.3) is 0 Å². The highest BCUT2D eigenvalue weighted by Gasteiger charge is 2.19. The van der Waals surface area contributed by atoms with Gasteiger partial charge in [-0.05, 0) is 44.9 Å². The molecule has 1 atom stereocenters. The normalized spacial score (nSPS) is 12.2. The molecule has 6 heteroatoms. The van der Waals surface area contributed by atoms with E-state index in [1.54, 1.807) is 0 Å². The van der Waals surface area contributed by atoms with Gasteiger partial charge in [0.15, 0.2) is 6.10 Å². The lowest BCUT2D eigenvalue weighted by molar-refractivity contribution is -0.167. The highest BCUT2D eigenvalue weighted by Crippen LogP contribution is 2.16. The second kappa shape index (κ2) is 49.3. The van der Waals surface area contributed by atoms with E-state index in [4.69, 9.17) is 14.2 Å². The summed E-state index contributed by atoms with van der Waals surface area (Å²) in [7, 11) is 0. The van der Waals surface area contributed by atoms with Crippen LogP contribution in [0.25, 0.3) is 0 Å². The molecule has 0 heterocycles. The molecule has 1 unspecified atom stereocenters. The number of esters is 3. The van der Waals surface area contributed by atoms with Crippen molar-refractivity contribution in [3.05, 3.63) is 36.5 Å². The summed E-state index contributed by atoms with van der Waals surface area (Å²) in [5.41, 5.74) is 0. The summed E-state index contributed by atoms with van der Waals surface area (Å²) in [5.74, 6) is -0.927. The van der Waals surface area contributed by atoms with Crippen LogP contribution in [0.1, 0.15) is 271 Å². The van der Waals surface area contributed by atoms with Crippen LogP contribution in [-0.2, 0) is 28.6 Å². The van der Waals surface area contributed by atoms with Crippen molar-refractivity contribution in [2.24, 2.45) is 0 Å². The van der Waals surface area contributed by atoms with E-state index in [0.29, 0.717) is 25.7 Å². The summed E-state index contributed by atoms with van der Waals surface area (Å²) in [5, 5.41) is 0. The molecular weight excluding hydrogens is 745 g/mol. The first kappa shape index (κ1) is 57.6. The molecule has 0 fully saturated rings. The van der Waals surface area contributed by atoms with E-state index in [2.05, 4.69) is 57.2 Å².